The van der Waals surface area contributed by atoms with E-state index in [9.17, 15) is 0 Å². The molecule has 0 aliphatic carbocycles. The first-order chi connectivity index (χ1) is 2.00. The Morgan fingerprint density at radius 3 is 1.17 bits per heavy atom. The summed E-state index contributed by atoms with van der Waals surface area (Å²) in [6, 6.07) is 0. The molecule has 0 aromatic rings. The third kappa shape index (κ3) is 70.5. The maximum atomic E-state index is 3.77. The molecule has 0 aromatic carbocycles. The van der Waals surface area contributed by atoms with Crippen LogP contribution in [0.2, 0.25) is 0 Å². The topological polar surface area (TPSA) is 0 Å². The molecule has 0 rings (SSSR count). The summed E-state index contributed by atoms with van der Waals surface area (Å²) >= 11 is 0. The number of hydrogen-bond acceptors (Lipinski definition) is 0. The Balaban J connectivity index is 0. The molecule has 0 unspecified atom stereocenters. The van der Waals surface area contributed by atoms with Crippen molar-refractivity contribution in [3.05, 3.63) is 6.92 Å². The van der Waals surface area contributed by atoms with Gasteiger partial charge in [0.2, 0.25) is 0 Å². The van der Waals surface area contributed by atoms with E-state index in [1.807, 2.05) is 0 Å². The van der Waals surface area contributed by atoms with Crippen LogP contribution in [0.1, 0.15) is 20.8 Å². The van der Waals surface area contributed by atoms with Gasteiger partial charge >= 0.3 is 0 Å². The minimum atomic E-state index is 0. The molecule has 0 aliphatic rings. The molecule has 0 spiro atoms. The van der Waals surface area contributed by atoms with Crippen LogP contribution in [-0.2, 0) is 32.7 Å². The van der Waals surface area contributed by atoms with Crippen molar-refractivity contribution in [1.29, 1.82) is 0 Å². The Morgan fingerprint density at radius 1 is 1.17 bits per heavy atom. The first-order valence-corrected chi connectivity index (χ1v) is 1.85. The van der Waals surface area contributed by atoms with E-state index in [0.29, 0.717) is 0 Å². The normalized spacial score (nSPS) is 10.0. The van der Waals surface area contributed by atoms with Gasteiger partial charge in [0.15, 0.2) is 0 Å². The molecule has 0 aliphatic heterocycles. The van der Waals surface area contributed by atoms with Crippen LogP contribution in [0, 0.1) is 12.3 Å². The van der Waals surface area contributed by atoms with Crippen LogP contribution in [0.15, 0.2) is 0 Å². The molecule has 6 heavy (non-hydrogen) atoms. The second kappa shape index (κ2) is 3.15. The summed E-state index contributed by atoms with van der Waals surface area (Å²) < 4.78 is 0. The Hall–Kier alpha value is 1.10. The van der Waals surface area contributed by atoms with E-state index in [0.717, 1.165) is 0 Å². The van der Waals surface area contributed by atoms with Crippen molar-refractivity contribution in [1.82, 2.24) is 0 Å². The molecule has 0 heterocycles. The van der Waals surface area contributed by atoms with Crippen molar-refractivity contribution in [2.75, 3.05) is 0 Å². The van der Waals surface area contributed by atoms with Crippen molar-refractivity contribution < 1.29 is 32.7 Å². The second-order valence-electron chi connectivity index (χ2n) is 2.56. The van der Waals surface area contributed by atoms with Crippen molar-refractivity contribution in [2.24, 2.45) is 5.41 Å². The molecular weight excluding hydrogens is 149 g/mol. The maximum Gasteiger partial charge on any atom is 0 e. The molecule has 0 saturated carbocycles. The SMILES string of the molecule is [CH2-]C(C)(C)C.[Y]. The van der Waals surface area contributed by atoms with Gasteiger partial charge < -0.3 is 6.92 Å². The zero-order valence-corrected chi connectivity index (χ0v) is 7.62. The number of hydrogen-bond donors (Lipinski definition) is 0. The smallest absolute Gasteiger partial charge is 0 e. The number of rotatable bonds is 0. The molecule has 0 N–H and O–H groups in total. The summed E-state index contributed by atoms with van der Waals surface area (Å²) in [5.74, 6) is 0. The fourth-order valence-corrected chi connectivity index (χ4v) is 0. The van der Waals surface area contributed by atoms with E-state index in [4.69, 9.17) is 0 Å². The quantitative estimate of drug-likeness (QED) is 0.474. The van der Waals surface area contributed by atoms with Crippen LogP contribution in [0.3, 0.4) is 0 Å². The van der Waals surface area contributed by atoms with Gasteiger partial charge in [0.1, 0.15) is 0 Å². The fraction of sp³-hybridized carbons (Fsp3) is 0.800. The molecule has 0 saturated heterocycles. The predicted molar refractivity (Wildman–Crippen MR) is 24.8 cm³/mol. The van der Waals surface area contributed by atoms with Crippen LogP contribution in [0.5, 0.6) is 0 Å². The van der Waals surface area contributed by atoms with Crippen LogP contribution in [0.4, 0.5) is 0 Å². The average molecular weight is 160 g/mol. The summed E-state index contributed by atoms with van der Waals surface area (Å²) in [4.78, 5) is 0. The van der Waals surface area contributed by atoms with Gasteiger partial charge in [-0.2, -0.15) is 5.41 Å². The van der Waals surface area contributed by atoms with E-state index in [-0.39, 0.29) is 38.1 Å². The largest absolute Gasteiger partial charge is 0.338 e. The van der Waals surface area contributed by atoms with E-state index >= 15 is 0 Å². The molecule has 0 bridgehead atoms. The van der Waals surface area contributed by atoms with Gasteiger partial charge in [-0.05, 0) is 0 Å². The Morgan fingerprint density at radius 2 is 1.17 bits per heavy atom. The van der Waals surface area contributed by atoms with Crippen molar-refractivity contribution in [3.8, 4) is 0 Å². The molecule has 0 atom stereocenters. The zero-order chi connectivity index (χ0) is 4.50. The van der Waals surface area contributed by atoms with E-state index in [1.165, 1.54) is 0 Å². The van der Waals surface area contributed by atoms with Crippen LogP contribution >= 0.6 is 0 Å². The Kier molecular flexibility index (Phi) is 5.34. The van der Waals surface area contributed by atoms with Crippen molar-refractivity contribution in [3.63, 3.8) is 0 Å². The van der Waals surface area contributed by atoms with Gasteiger partial charge in [0.05, 0.1) is 0 Å². The standard InChI is InChI=1S/C5H11.Y/c1-5(2,3)4;/h1H2,2-4H3;/q-1;. The second-order valence-corrected chi connectivity index (χ2v) is 2.56. The molecule has 0 fully saturated rings. The molecule has 1 heteroatoms. The zero-order valence-electron chi connectivity index (χ0n) is 4.78. The molecule has 0 aromatic heterocycles. The third-order valence-corrected chi connectivity index (χ3v) is 0. The first-order valence-electron chi connectivity index (χ1n) is 1.85. The van der Waals surface area contributed by atoms with Gasteiger partial charge in [-0.25, -0.2) is 0 Å². The summed E-state index contributed by atoms with van der Waals surface area (Å²) in [5, 5.41) is 0. The summed E-state index contributed by atoms with van der Waals surface area (Å²) in [6.45, 7) is 10.0. The van der Waals surface area contributed by atoms with Crippen molar-refractivity contribution in [2.45, 2.75) is 20.8 Å². The average Bonchev–Trinajstić information content (AvgIpc) is 0.722. The Bertz CT molecular complexity index is 19.4. The van der Waals surface area contributed by atoms with Crippen molar-refractivity contribution >= 4 is 0 Å². The molecule has 0 amide bonds. The van der Waals surface area contributed by atoms with Crippen LogP contribution < -0.4 is 0 Å². The molecular formula is C5H11Y-. The van der Waals surface area contributed by atoms with Gasteiger partial charge in [-0.3, -0.25) is 0 Å². The Labute approximate surface area is 65.6 Å². The summed E-state index contributed by atoms with van der Waals surface area (Å²) in [7, 11) is 0. The fourth-order valence-electron chi connectivity index (χ4n) is 0. The summed E-state index contributed by atoms with van der Waals surface area (Å²) in [5.41, 5.74) is 0.250. The van der Waals surface area contributed by atoms with E-state index < -0.39 is 0 Å². The molecule has 0 nitrogen and oxygen atoms in total. The van der Waals surface area contributed by atoms with Crippen LogP contribution in [0.25, 0.3) is 0 Å². The first kappa shape index (κ1) is 10.2. The minimum Gasteiger partial charge on any atom is -0.338 e. The van der Waals surface area contributed by atoms with Gasteiger partial charge in [-0.1, -0.05) is 20.8 Å². The van der Waals surface area contributed by atoms with E-state index in [1.54, 1.807) is 0 Å². The summed E-state index contributed by atoms with van der Waals surface area (Å²) in [6.07, 6.45) is 0. The predicted octanol–water partition coefficient (Wildman–Crippen LogP) is 1.86. The van der Waals surface area contributed by atoms with Gasteiger partial charge in [0.25, 0.3) is 0 Å². The van der Waals surface area contributed by atoms with Crippen LogP contribution in [-0.4, -0.2) is 0 Å². The van der Waals surface area contributed by atoms with E-state index in [2.05, 4.69) is 27.7 Å². The molecule has 1 radical (unpaired) electrons. The van der Waals surface area contributed by atoms with Gasteiger partial charge in [-0.15, -0.1) is 0 Å². The maximum absolute atomic E-state index is 3.77. The molecule has 35 valence electrons. The minimum absolute atomic E-state index is 0. The monoisotopic (exact) mass is 160 g/mol. The third-order valence-electron chi connectivity index (χ3n) is 0. The van der Waals surface area contributed by atoms with Gasteiger partial charge in [0, 0.05) is 32.7 Å².